The molecule has 1 atom stereocenters. The summed E-state index contributed by atoms with van der Waals surface area (Å²) in [7, 11) is 0. The Morgan fingerprint density at radius 3 is 2.57 bits per heavy atom. The predicted octanol–water partition coefficient (Wildman–Crippen LogP) is 4.22. The summed E-state index contributed by atoms with van der Waals surface area (Å²) in [6.07, 6.45) is 0. The van der Waals surface area contributed by atoms with Crippen LogP contribution in [0.25, 0.3) is 10.6 Å². The second kappa shape index (κ2) is 5.93. The number of nitrogens with zero attached hydrogens (tertiary/aromatic N) is 2. The quantitative estimate of drug-likeness (QED) is 0.787. The van der Waals surface area contributed by atoms with E-state index in [4.69, 9.17) is 17.3 Å². The highest BCUT2D eigenvalue weighted by molar-refractivity contribution is 7.14. The lowest BCUT2D eigenvalue weighted by Gasteiger charge is -2.07. The van der Waals surface area contributed by atoms with Crippen LogP contribution >= 0.6 is 22.9 Å². The SMILES string of the molecule is Cc1c(Cl)cccc1-c1nnc(C(N)c2ccccc2)s1. The highest BCUT2D eigenvalue weighted by Gasteiger charge is 2.16. The minimum absolute atomic E-state index is 0.253. The van der Waals surface area contributed by atoms with E-state index in [9.17, 15) is 0 Å². The first-order valence-electron chi connectivity index (χ1n) is 6.56. The first-order chi connectivity index (χ1) is 10.2. The van der Waals surface area contributed by atoms with Crippen LogP contribution in [0.3, 0.4) is 0 Å². The molecule has 0 aliphatic carbocycles. The van der Waals surface area contributed by atoms with E-state index < -0.39 is 0 Å². The molecular formula is C16H14ClN3S. The summed E-state index contributed by atoms with van der Waals surface area (Å²) in [5.74, 6) is 0. The first kappa shape index (κ1) is 14.2. The molecule has 0 spiro atoms. The molecule has 0 bridgehead atoms. The van der Waals surface area contributed by atoms with E-state index in [-0.39, 0.29) is 6.04 Å². The van der Waals surface area contributed by atoms with Gasteiger partial charge in [-0.1, -0.05) is 65.4 Å². The second-order valence-corrected chi connectivity index (χ2v) is 6.16. The van der Waals surface area contributed by atoms with Gasteiger partial charge in [0.05, 0.1) is 6.04 Å². The summed E-state index contributed by atoms with van der Waals surface area (Å²) in [5.41, 5.74) is 9.30. The van der Waals surface area contributed by atoms with Crippen molar-refractivity contribution in [2.24, 2.45) is 5.73 Å². The lowest BCUT2D eigenvalue weighted by atomic mass is 10.1. The molecule has 0 amide bonds. The Morgan fingerprint density at radius 1 is 1.05 bits per heavy atom. The Balaban J connectivity index is 1.95. The van der Waals surface area contributed by atoms with Crippen LogP contribution in [0.2, 0.25) is 5.02 Å². The van der Waals surface area contributed by atoms with E-state index >= 15 is 0 Å². The molecule has 3 nitrogen and oxygen atoms in total. The Bertz CT molecular complexity index is 755. The molecule has 1 unspecified atom stereocenters. The summed E-state index contributed by atoms with van der Waals surface area (Å²) in [6.45, 7) is 1.98. The second-order valence-electron chi connectivity index (χ2n) is 4.75. The fourth-order valence-corrected chi connectivity index (χ4v) is 3.24. The van der Waals surface area contributed by atoms with Crippen LogP contribution in [0, 0.1) is 6.92 Å². The maximum absolute atomic E-state index is 6.26. The molecular weight excluding hydrogens is 302 g/mol. The Kier molecular flexibility index (Phi) is 4.01. The van der Waals surface area contributed by atoms with Crippen molar-refractivity contribution in [1.82, 2.24) is 10.2 Å². The van der Waals surface area contributed by atoms with Gasteiger partial charge >= 0.3 is 0 Å². The van der Waals surface area contributed by atoms with Crippen LogP contribution in [0.1, 0.15) is 22.2 Å². The van der Waals surface area contributed by atoms with E-state index in [1.807, 2.05) is 55.5 Å². The molecule has 0 saturated carbocycles. The maximum Gasteiger partial charge on any atom is 0.148 e. The molecule has 0 aliphatic rings. The molecule has 0 fully saturated rings. The number of hydrogen-bond acceptors (Lipinski definition) is 4. The first-order valence-corrected chi connectivity index (χ1v) is 7.75. The van der Waals surface area contributed by atoms with Gasteiger partial charge in [0.15, 0.2) is 0 Å². The zero-order chi connectivity index (χ0) is 14.8. The molecule has 0 aliphatic heterocycles. The van der Waals surface area contributed by atoms with Crippen LogP contribution in [0.4, 0.5) is 0 Å². The van der Waals surface area contributed by atoms with Gasteiger partial charge in [0.1, 0.15) is 10.0 Å². The van der Waals surface area contributed by atoms with E-state index in [0.29, 0.717) is 0 Å². The van der Waals surface area contributed by atoms with Crippen molar-refractivity contribution >= 4 is 22.9 Å². The van der Waals surface area contributed by atoms with Crippen molar-refractivity contribution in [3.8, 4) is 10.6 Å². The van der Waals surface area contributed by atoms with Gasteiger partial charge in [-0.15, -0.1) is 10.2 Å². The number of hydrogen-bond donors (Lipinski definition) is 1. The molecule has 106 valence electrons. The minimum Gasteiger partial charge on any atom is -0.318 e. The van der Waals surface area contributed by atoms with Crippen molar-refractivity contribution in [2.45, 2.75) is 13.0 Å². The Hall–Kier alpha value is -1.75. The number of nitrogens with two attached hydrogens (primary N) is 1. The highest BCUT2D eigenvalue weighted by atomic mass is 35.5. The molecule has 1 heterocycles. The summed E-state index contributed by atoms with van der Waals surface area (Å²) in [6, 6.07) is 15.4. The molecule has 1 aromatic heterocycles. The van der Waals surface area contributed by atoms with E-state index in [1.165, 1.54) is 11.3 Å². The highest BCUT2D eigenvalue weighted by Crippen LogP contribution is 2.32. The third-order valence-electron chi connectivity index (χ3n) is 3.36. The van der Waals surface area contributed by atoms with Gasteiger partial charge in [0, 0.05) is 10.6 Å². The maximum atomic E-state index is 6.26. The predicted molar refractivity (Wildman–Crippen MR) is 87.6 cm³/mol. The standard InChI is InChI=1S/C16H14ClN3S/c1-10-12(8-5-9-13(10)17)15-19-20-16(21-15)14(18)11-6-3-2-4-7-11/h2-9,14H,18H2,1H3. The molecule has 0 radical (unpaired) electrons. The third-order valence-corrected chi connectivity index (χ3v) is 4.81. The Morgan fingerprint density at radius 2 is 1.81 bits per heavy atom. The van der Waals surface area contributed by atoms with Gasteiger partial charge in [-0.05, 0) is 24.1 Å². The van der Waals surface area contributed by atoms with Gasteiger partial charge in [-0.3, -0.25) is 0 Å². The molecule has 5 heteroatoms. The third kappa shape index (κ3) is 2.83. The van der Waals surface area contributed by atoms with Crippen LogP contribution in [-0.4, -0.2) is 10.2 Å². The average molecular weight is 316 g/mol. The average Bonchev–Trinajstić information content (AvgIpc) is 3.00. The lowest BCUT2D eigenvalue weighted by Crippen LogP contribution is -2.11. The van der Waals surface area contributed by atoms with Crippen LogP contribution in [-0.2, 0) is 0 Å². The summed E-state index contributed by atoms with van der Waals surface area (Å²) in [5, 5.41) is 10.9. The zero-order valence-corrected chi connectivity index (χ0v) is 13.0. The summed E-state index contributed by atoms with van der Waals surface area (Å²) in [4.78, 5) is 0. The number of rotatable bonds is 3. The smallest absolute Gasteiger partial charge is 0.148 e. The van der Waals surface area contributed by atoms with Gasteiger partial charge in [-0.25, -0.2) is 0 Å². The lowest BCUT2D eigenvalue weighted by molar-refractivity contribution is 0.831. The van der Waals surface area contributed by atoms with E-state index in [1.54, 1.807) is 0 Å². The fourth-order valence-electron chi connectivity index (χ4n) is 2.11. The summed E-state index contributed by atoms with van der Waals surface area (Å²) < 4.78 is 0. The van der Waals surface area contributed by atoms with E-state index in [0.717, 1.165) is 31.7 Å². The number of aromatic nitrogens is 2. The van der Waals surface area contributed by atoms with Crippen LogP contribution in [0.5, 0.6) is 0 Å². The van der Waals surface area contributed by atoms with Crippen LogP contribution in [0.15, 0.2) is 48.5 Å². The van der Waals surface area contributed by atoms with E-state index in [2.05, 4.69) is 10.2 Å². The van der Waals surface area contributed by atoms with Gasteiger partial charge in [0.2, 0.25) is 0 Å². The van der Waals surface area contributed by atoms with Crippen LogP contribution < -0.4 is 5.73 Å². The van der Waals surface area contributed by atoms with Crippen molar-refractivity contribution in [3.63, 3.8) is 0 Å². The molecule has 3 aromatic rings. The number of benzene rings is 2. The molecule has 2 N–H and O–H groups in total. The van der Waals surface area contributed by atoms with Gasteiger partial charge in [-0.2, -0.15) is 0 Å². The minimum atomic E-state index is -0.253. The van der Waals surface area contributed by atoms with Crippen molar-refractivity contribution in [3.05, 3.63) is 69.7 Å². The van der Waals surface area contributed by atoms with Crippen molar-refractivity contribution in [2.75, 3.05) is 0 Å². The number of halogens is 1. The largest absolute Gasteiger partial charge is 0.318 e. The molecule has 3 rings (SSSR count). The Labute approximate surface area is 132 Å². The van der Waals surface area contributed by atoms with Crippen molar-refractivity contribution < 1.29 is 0 Å². The molecule has 0 saturated heterocycles. The normalized spacial score (nSPS) is 12.3. The summed E-state index contributed by atoms with van der Waals surface area (Å²) >= 11 is 7.67. The van der Waals surface area contributed by atoms with Gasteiger partial charge < -0.3 is 5.73 Å². The molecule has 2 aromatic carbocycles. The monoisotopic (exact) mass is 315 g/mol. The fraction of sp³-hybridized carbons (Fsp3) is 0.125. The zero-order valence-electron chi connectivity index (χ0n) is 11.5. The van der Waals surface area contributed by atoms with Crippen molar-refractivity contribution in [1.29, 1.82) is 0 Å². The van der Waals surface area contributed by atoms with Gasteiger partial charge in [0.25, 0.3) is 0 Å². The topological polar surface area (TPSA) is 51.8 Å². The molecule has 21 heavy (non-hydrogen) atoms.